The van der Waals surface area contributed by atoms with Crippen LogP contribution in [0.2, 0.25) is 0 Å². The average molecular weight is 179 g/mol. The zero-order valence-electron chi connectivity index (χ0n) is 8.20. The number of pyridine rings is 1. The number of nitrogens with zero attached hydrogens (tertiary/aromatic N) is 1. The van der Waals surface area contributed by atoms with Crippen LogP contribution in [0.5, 0.6) is 0 Å². The molecule has 3 nitrogen and oxygen atoms in total. The molecule has 3 N–H and O–H groups in total. The fourth-order valence-corrected chi connectivity index (χ4v) is 1.37. The third kappa shape index (κ3) is 3.13. The molecule has 0 aliphatic rings. The summed E-state index contributed by atoms with van der Waals surface area (Å²) >= 11 is 0. The van der Waals surface area contributed by atoms with Gasteiger partial charge in [-0.25, -0.2) is 0 Å². The largest absolute Gasteiger partial charge is 0.328 e. The minimum atomic E-state index is 0.206. The predicted octanol–water partition coefficient (Wildman–Crippen LogP) is 1.08. The molecule has 2 atom stereocenters. The summed E-state index contributed by atoms with van der Waals surface area (Å²) in [6.45, 7) is 2.01. The van der Waals surface area contributed by atoms with Crippen LogP contribution in [-0.2, 0) is 0 Å². The molecule has 1 rings (SSSR count). The van der Waals surface area contributed by atoms with Gasteiger partial charge in [-0.1, -0.05) is 6.07 Å². The summed E-state index contributed by atoms with van der Waals surface area (Å²) < 4.78 is 0. The van der Waals surface area contributed by atoms with Crippen LogP contribution in [-0.4, -0.2) is 18.1 Å². The van der Waals surface area contributed by atoms with Gasteiger partial charge in [-0.2, -0.15) is 0 Å². The number of nitrogens with two attached hydrogens (primary N) is 1. The maximum absolute atomic E-state index is 5.75. The van der Waals surface area contributed by atoms with Crippen molar-refractivity contribution in [1.82, 2.24) is 10.3 Å². The van der Waals surface area contributed by atoms with Gasteiger partial charge in [0.2, 0.25) is 0 Å². The zero-order chi connectivity index (χ0) is 9.68. The van der Waals surface area contributed by atoms with Crippen molar-refractivity contribution >= 4 is 0 Å². The summed E-state index contributed by atoms with van der Waals surface area (Å²) in [4.78, 5) is 4.08. The predicted molar refractivity (Wildman–Crippen MR) is 54.3 cm³/mol. The van der Waals surface area contributed by atoms with E-state index >= 15 is 0 Å². The van der Waals surface area contributed by atoms with Crippen molar-refractivity contribution in [3.63, 3.8) is 0 Å². The summed E-state index contributed by atoms with van der Waals surface area (Å²) in [5.41, 5.74) is 6.94. The van der Waals surface area contributed by atoms with Crippen molar-refractivity contribution in [2.45, 2.75) is 25.4 Å². The maximum atomic E-state index is 5.75. The monoisotopic (exact) mass is 179 g/mol. The fourth-order valence-electron chi connectivity index (χ4n) is 1.37. The van der Waals surface area contributed by atoms with Crippen LogP contribution in [0.15, 0.2) is 24.5 Å². The summed E-state index contributed by atoms with van der Waals surface area (Å²) in [6, 6.07) is 4.53. The SMILES string of the molecule is CNC(CC(C)N)c1cccnc1. The van der Waals surface area contributed by atoms with Crippen molar-refractivity contribution in [3.05, 3.63) is 30.1 Å². The first-order valence-electron chi connectivity index (χ1n) is 4.56. The van der Waals surface area contributed by atoms with Crippen molar-refractivity contribution < 1.29 is 0 Å². The van der Waals surface area contributed by atoms with Gasteiger partial charge in [0.1, 0.15) is 0 Å². The van der Waals surface area contributed by atoms with Crippen molar-refractivity contribution in [2.24, 2.45) is 5.73 Å². The molecule has 0 aliphatic carbocycles. The lowest BCUT2D eigenvalue weighted by molar-refractivity contribution is 0.498. The van der Waals surface area contributed by atoms with E-state index in [9.17, 15) is 0 Å². The van der Waals surface area contributed by atoms with E-state index in [0.717, 1.165) is 6.42 Å². The van der Waals surface area contributed by atoms with E-state index in [-0.39, 0.29) is 6.04 Å². The quantitative estimate of drug-likeness (QED) is 0.727. The van der Waals surface area contributed by atoms with E-state index < -0.39 is 0 Å². The molecule has 0 amide bonds. The molecular formula is C10H17N3. The van der Waals surface area contributed by atoms with Crippen LogP contribution in [0.4, 0.5) is 0 Å². The van der Waals surface area contributed by atoms with Crippen LogP contribution in [0, 0.1) is 0 Å². The van der Waals surface area contributed by atoms with Gasteiger partial charge >= 0.3 is 0 Å². The molecule has 2 unspecified atom stereocenters. The van der Waals surface area contributed by atoms with Crippen molar-refractivity contribution in [2.75, 3.05) is 7.05 Å². The third-order valence-electron chi connectivity index (χ3n) is 2.04. The van der Waals surface area contributed by atoms with Gasteiger partial charge in [0.15, 0.2) is 0 Å². The lowest BCUT2D eigenvalue weighted by Crippen LogP contribution is -2.25. The first kappa shape index (κ1) is 10.2. The second kappa shape index (κ2) is 4.94. The molecule has 0 saturated carbocycles. The van der Waals surface area contributed by atoms with Crippen LogP contribution < -0.4 is 11.1 Å². The van der Waals surface area contributed by atoms with Gasteiger partial charge in [0.05, 0.1) is 0 Å². The normalized spacial score (nSPS) is 15.3. The molecule has 0 bridgehead atoms. The lowest BCUT2D eigenvalue weighted by atomic mass is 10.0. The van der Waals surface area contributed by atoms with Crippen molar-refractivity contribution in [3.8, 4) is 0 Å². The highest BCUT2D eigenvalue weighted by Crippen LogP contribution is 2.15. The molecule has 0 radical (unpaired) electrons. The summed E-state index contributed by atoms with van der Waals surface area (Å²) in [5, 5.41) is 3.23. The summed E-state index contributed by atoms with van der Waals surface area (Å²) in [6.07, 6.45) is 4.59. The Kier molecular flexibility index (Phi) is 3.86. The van der Waals surface area contributed by atoms with Gasteiger partial charge < -0.3 is 11.1 Å². The Labute approximate surface area is 79.4 Å². The lowest BCUT2D eigenvalue weighted by Gasteiger charge is -2.17. The molecule has 13 heavy (non-hydrogen) atoms. The van der Waals surface area contributed by atoms with Crippen LogP contribution in [0.25, 0.3) is 0 Å². The minimum Gasteiger partial charge on any atom is -0.328 e. The van der Waals surface area contributed by atoms with E-state index in [1.54, 1.807) is 6.20 Å². The van der Waals surface area contributed by atoms with E-state index in [1.807, 2.05) is 26.2 Å². The van der Waals surface area contributed by atoms with Gasteiger partial charge in [0, 0.05) is 24.5 Å². The molecule has 0 aromatic carbocycles. The summed E-state index contributed by atoms with van der Waals surface area (Å²) in [7, 11) is 1.94. The summed E-state index contributed by atoms with van der Waals surface area (Å²) in [5.74, 6) is 0. The van der Waals surface area contributed by atoms with E-state index in [0.29, 0.717) is 6.04 Å². The van der Waals surface area contributed by atoms with E-state index in [2.05, 4.69) is 16.4 Å². The zero-order valence-corrected chi connectivity index (χ0v) is 8.20. The first-order chi connectivity index (χ1) is 6.24. The number of rotatable bonds is 4. The molecule has 0 saturated heterocycles. The van der Waals surface area contributed by atoms with Gasteiger partial charge in [-0.3, -0.25) is 4.98 Å². The molecule has 1 heterocycles. The van der Waals surface area contributed by atoms with Gasteiger partial charge in [0.25, 0.3) is 0 Å². The van der Waals surface area contributed by atoms with Gasteiger partial charge in [-0.15, -0.1) is 0 Å². The smallest absolute Gasteiger partial charge is 0.0347 e. The Hall–Kier alpha value is -0.930. The molecule has 72 valence electrons. The average Bonchev–Trinajstić information content (AvgIpc) is 2.15. The molecule has 0 aliphatic heterocycles. The van der Waals surface area contributed by atoms with Crippen molar-refractivity contribution in [1.29, 1.82) is 0 Å². The van der Waals surface area contributed by atoms with Crippen LogP contribution >= 0.6 is 0 Å². The Bertz CT molecular complexity index is 233. The fraction of sp³-hybridized carbons (Fsp3) is 0.500. The standard InChI is InChI=1S/C10H17N3/c1-8(11)6-10(12-2)9-4-3-5-13-7-9/h3-5,7-8,10,12H,6,11H2,1-2H3. The number of hydrogen-bond donors (Lipinski definition) is 2. The highest BCUT2D eigenvalue weighted by Gasteiger charge is 2.10. The van der Waals surface area contributed by atoms with E-state index in [1.165, 1.54) is 5.56 Å². The Morgan fingerprint density at radius 1 is 1.62 bits per heavy atom. The molecule has 1 aromatic rings. The second-order valence-corrected chi connectivity index (χ2v) is 3.34. The molecule has 0 spiro atoms. The third-order valence-corrected chi connectivity index (χ3v) is 2.04. The van der Waals surface area contributed by atoms with Crippen LogP contribution in [0.1, 0.15) is 24.9 Å². The van der Waals surface area contributed by atoms with E-state index in [4.69, 9.17) is 5.73 Å². The second-order valence-electron chi connectivity index (χ2n) is 3.34. The Morgan fingerprint density at radius 3 is 2.85 bits per heavy atom. The topological polar surface area (TPSA) is 50.9 Å². The Balaban J connectivity index is 2.67. The van der Waals surface area contributed by atoms with Gasteiger partial charge in [-0.05, 0) is 32.0 Å². The molecule has 0 fully saturated rings. The molecule has 1 aromatic heterocycles. The molecular weight excluding hydrogens is 162 g/mol. The minimum absolute atomic E-state index is 0.206. The van der Waals surface area contributed by atoms with Crippen LogP contribution in [0.3, 0.4) is 0 Å². The number of hydrogen-bond acceptors (Lipinski definition) is 3. The highest BCUT2D eigenvalue weighted by molar-refractivity contribution is 5.13. The maximum Gasteiger partial charge on any atom is 0.0347 e. The first-order valence-corrected chi connectivity index (χ1v) is 4.56. The Morgan fingerprint density at radius 2 is 2.38 bits per heavy atom. The number of aromatic nitrogens is 1. The number of nitrogens with one attached hydrogen (secondary N) is 1. The highest BCUT2D eigenvalue weighted by atomic mass is 14.9. The molecule has 3 heteroatoms.